The molecular weight excluding hydrogens is 264 g/mol. The van der Waals surface area contributed by atoms with E-state index in [0.29, 0.717) is 0 Å². The largest absolute Gasteiger partial charge is 0.295 e. The molecule has 0 spiro atoms. The van der Waals surface area contributed by atoms with E-state index >= 15 is 0 Å². The number of ketones is 2. The third-order valence-electron chi connectivity index (χ3n) is 3.43. The number of pyridine rings is 2. The van der Waals surface area contributed by atoms with Crippen molar-refractivity contribution in [3.05, 3.63) is 60.2 Å². The molecule has 0 saturated carbocycles. The van der Waals surface area contributed by atoms with Crippen molar-refractivity contribution in [1.82, 2.24) is 0 Å². The van der Waals surface area contributed by atoms with Gasteiger partial charge in [0.15, 0.2) is 49.4 Å². The summed E-state index contributed by atoms with van der Waals surface area (Å²) in [6.07, 6.45) is 8.70. The molecule has 0 atom stereocenters. The van der Waals surface area contributed by atoms with Crippen molar-refractivity contribution < 1.29 is 18.7 Å². The highest BCUT2D eigenvalue weighted by Gasteiger charge is 2.07. The first-order valence-electron chi connectivity index (χ1n) is 7.06. The molecule has 0 aromatic carbocycles. The van der Waals surface area contributed by atoms with Gasteiger partial charge in [-0.2, -0.15) is 0 Å². The summed E-state index contributed by atoms with van der Waals surface area (Å²) >= 11 is 0. The summed E-state index contributed by atoms with van der Waals surface area (Å²) in [5.74, 6) is 0.173. The molecule has 21 heavy (non-hydrogen) atoms. The summed E-state index contributed by atoms with van der Waals surface area (Å²) < 4.78 is 4.13. The number of Topliss-reactive ketones (excluding diaryl/α,β-unsaturated/α-hetero) is 2. The molecule has 2 aromatic heterocycles. The number of carbonyl (C=O) groups excluding carboxylic acids is 2. The Kier molecular flexibility index (Phi) is 4.93. The summed E-state index contributed by atoms with van der Waals surface area (Å²) in [5, 5.41) is 0. The molecular formula is C17H20N2O2+2. The number of carbonyl (C=O) groups is 2. The molecule has 2 heterocycles. The summed E-state index contributed by atoms with van der Waals surface area (Å²) in [7, 11) is 0. The van der Waals surface area contributed by atoms with E-state index in [0.717, 1.165) is 30.6 Å². The van der Waals surface area contributed by atoms with E-state index in [2.05, 4.69) is 9.13 Å². The van der Waals surface area contributed by atoms with E-state index in [-0.39, 0.29) is 11.6 Å². The molecule has 0 N–H and O–H groups in total. The molecule has 0 saturated heterocycles. The van der Waals surface area contributed by atoms with Crippen molar-refractivity contribution in [2.24, 2.45) is 0 Å². The highest BCUT2D eigenvalue weighted by molar-refractivity contribution is 5.94. The van der Waals surface area contributed by atoms with Gasteiger partial charge in [-0.1, -0.05) is 0 Å². The van der Waals surface area contributed by atoms with Crippen molar-refractivity contribution in [1.29, 1.82) is 0 Å². The Balaban J connectivity index is 1.86. The summed E-state index contributed by atoms with van der Waals surface area (Å²) in [5.41, 5.74) is 1.47. The normalized spacial score (nSPS) is 10.4. The van der Waals surface area contributed by atoms with Crippen LogP contribution in [0.4, 0.5) is 0 Å². The molecule has 2 rings (SSSR count). The smallest absolute Gasteiger partial charge is 0.169 e. The zero-order valence-corrected chi connectivity index (χ0v) is 12.5. The van der Waals surface area contributed by atoms with Crippen LogP contribution in [0.2, 0.25) is 0 Å². The molecule has 4 nitrogen and oxygen atoms in total. The van der Waals surface area contributed by atoms with Crippen LogP contribution in [-0.2, 0) is 13.1 Å². The predicted molar refractivity (Wildman–Crippen MR) is 77.9 cm³/mol. The minimum Gasteiger partial charge on any atom is -0.295 e. The molecule has 0 aliphatic carbocycles. The topological polar surface area (TPSA) is 41.9 Å². The quantitative estimate of drug-likeness (QED) is 0.599. The summed E-state index contributed by atoms with van der Waals surface area (Å²) in [6, 6.07) is 7.38. The maximum atomic E-state index is 11.2. The molecule has 0 bridgehead atoms. The van der Waals surface area contributed by atoms with Gasteiger partial charge in [-0.05, 0) is 13.8 Å². The number of aromatic nitrogens is 2. The Hall–Kier alpha value is -2.36. The summed E-state index contributed by atoms with van der Waals surface area (Å²) in [4.78, 5) is 22.4. The van der Waals surface area contributed by atoms with Crippen LogP contribution in [0, 0.1) is 0 Å². The predicted octanol–water partition coefficient (Wildman–Crippen LogP) is 1.76. The van der Waals surface area contributed by atoms with E-state index in [1.807, 2.05) is 49.1 Å². The molecule has 2 aromatic rings. The average molecular weight is 284 g/mol. The number of hydrogen-bond donors (Lipinski definition) is 0. The van der Waals surface area contributed by atoms with Crippen molar-refractivity contribution in [2.45, 2.75) is 33.4 Å². The molecule has 0 fully saturated rings. The van der Waals surface area contributed by atoms with E-state index in [1.54, 1.807) is 13.8 Å². The minimum absolute atomic E-state index is 0.0864. The van der Waals surface area contributed by atoms with Gasteiger partial charge in [0.1, 0.15) is 0 Å². The Morgan fingerprint density at radius 3 is 1.38 bits per heavy atom. The second kappa shape index (κ2) is 6.88. The van der Waals surface area contributed by atoms with Gasteiger partial charge in [0.05, 0.1) is 6.42 Å². The van der Waals surface area contributed by atoms with Crippen LogP contribution in [0.5, 0.6) is 0 Å². The van der Waals surface area contributed by atoms with Crippen LogP contribution in [0.25, 0.3) is 0 Å². The number of aryl methyl sites for hydroxylation is 2. The van der Waals surface area contributed by atoms with Gasteiger partial charge in [-0.25, -0.2) is 9.13 Å². The van der Waals surface area contributed by atoms with Crippen molar-refractivity contribution in [3.8, 4) is 0 Å². The monoisotopic (exact) mass is 284 g/mol. The second-order valence-corrected chi connectivity index (χ2v) is 5.12. The first-order valence-corrected chi connectivity index (χ1v) is 7.06. The second-order valence-electron chi connectivity index (χ2n) is 5.12. The lowest BCUT2D eigenvalue weighted by molar-refractivity contribution is -0.726. The maximum absolute atomic E-state index is 11.2. The lowest BCUT2D eigenvalue weighted by Gasteiger charge is -1.98. The first-order chi connectivity index (χ1) is 10.1. The first kappa shape index (κ1) is 15.0. The highest BCUT2D eigenvalue weighted by Crippen LogP contribution is 1.97. The fraction of sp³-hybridized carbons (Fsp3) is 0.294. The Bertz CT molecular complexity index is 573. The zero-order valence-electron chi connectivity index (χ0n) is 12.5. The lowest BCUT2D eigenvalue weighted by Crippen LogP contribution is -2.38. The molecule has 0 aliphatic rings. The van der Waals surface area contributed by atoms with Gasteiger partial charge in [0.25, 0.3) is 0 Å². The van der Waals surface area contributed by atoms with Crippen LogP contribution in [0.3, 0.4) is 0 Å². The Labute approximate surface area is 124 Å². The van der Waals surface area contributed by atoms with Gasteiger partial charge in [-0.15, -0.1) is 0 Å². The third kappa shape index (κ3) is 4.31. The van der Waals surface area contributed by atoms with Gasteiger partial charge in [-0.3, -0.25) is 9.59 Å². The van der Waals surface area contributed by atoms with Crippen LogP contribution in [0.15, 0.2) is 49.1 Å². The maximum Gasteiger partial charge on any atom is 0.169 e. The van der Waals surface area contributed by atoms with Crippen molar-refractivity contribution in [3.63, 3.8) is 0 Å². The van der Waals surface area contributed by atoms with E-state index in [1.165, 1.54) is 0 Å². The fourth-order valence-electron chi connectivity index (χ4n) is 2.12. The van der Waals surface area contributed by atoms with Crippen molar-refractivity contribution >= 4 is 11.6 Å². The standard InChI is InChI=1S/C17H20N2O2/c1-14(20)16-4-10-18(11-5-16)8-3-9-19-12-6-17(7-13-19)15(2)21/h4-7,10-13H,3,8-9H2,1-2H3/q+2. The SMILES string of the molecule is CC(=O)c1cc[n+](CCC[n+]2ccc(C(C)=O)cc2)cc1. The van der Waals surface area contributed by atoms with E-state index in [9.17, 15) is 9.59 Å². The average Bonchev–Trinajstić information content (AvgIpc) is 2.48. The molecule has 4 heteroatoms. The van der Waals surface area contributed by atoms with Crippen LogP contribution < -0.4 is 9.13 Å². The molecule has 0 amide bonds. The minimum atomic E-state index is 0.0864. The summed E-state index contributed by atoms with van der Waals surface area (Å²) in [6.45, 7) is 4.92. The van der Waals surface area contributed by atoms with Crippen LogP contribution in [-0.4, -0.2) is 11.6 Å². The third-order valence-corrected chi connectivity index (χ3v) is 3.43. The number of hydrogen-bond acceptors (Lipinski definition) is 2. The van der Waals surface area contributed by atoms with Crippen molar-refractivity contribution in [2.75, 3.05) is 0 Å². The highest BCUT2D eigenvalue weighted by atomic mass is 16.1. The fourth-order valence-corrected chi connectivity index (χ4v) is 2.12. The van der Waals surface area contributed by atoms with Crippen LogP contribution >= 0.6 is 0 Å². The molecule has 0 unspecified atom stereocenters. The van der Waals surface area contributed by atoms with Crippen LogP contribution in [0.1, 0.15) is 41.0 Å². The molecule has 0 aliphatic heterocycles. The molecule has 108 valence electrons. The van der Waals surface area contributed by atoms with Gasteiger partial charge < -0.3 is 0 Å². The van der Waals surface area contributed by atoms with E-state index < -0.39 is 0 Å². The lowest BCUT2D eigenvalue weighted by atomic mass is 10.2. The number of nitrogens with zero attached hydrogens (tertiary/aromatic N) is 2. The zero-order chi connectivity index (χ0) is 15.2. The van der Waals surface area contributed by atoms with E-state index in [4.69, 9.17) is 0 Å². The van der Waals surface area contributed by atoms with Gasteiger partial charge in [0, 0.05) is 35.4 Å². The van der Waals surface area contributed by atoms with Gasteiger partial charge >= 0.3 is 0 Å². The van der Waals surface area contributed by atoms with Gasteiger partial charge in [0.2, 0.25) is 0 Å². The molecule has 0 radical (unpaired) electrons. The number of rotatable bonds is 6. The Morgan fingerprint density at radius 1 is 0.762 bits per heavy atom. The Morgan fingerprint density at radius 2 is 1.10 bits per heavy atom.